The van der Waals surface area contributed by atoms with Crippen LogP contribution in [0, 0.1) is 0 Å². The summed E-state index contributed by atoms with van der Waals surface area (Å²) < 4.78 is 5.67. The van der Waals surface area contributed by atoms with Crippen molar-refractivity contribution in [3.63, 3.8) is 0 Å². The molecule has 3 heteroatoms. The average Bonchev–Trinajstić information content (AvgIpc) is 2.68. The maximum absolute atomic E-state index is 8.58. The molecule has 0 aromatic heterocycles. The number of rotatable bonds is 4. The first-order valence-electron chi connectivity index (χ1n) is 4.83. The zero-order valence-corrected chi connectivity index (χ0v) is 7.38. The molecule has 0 radical (unpaired) electrons. The smallest absolute Gasteiger partial charge is 0.0701 e. The first-order valence-corrected chi connectivity index (χ1v) is 4.83. The highest BCUT2D eigenvalue weighted by Gasteiger charge is 2.49. The molecule has 3 nitrogen and oxygen atoms in total. The van der Waals surface area contributed by atoms with Crippen molar-refractivity contribution in [3.8, 4) is 0 Å². The van der Waals surface area contributed by atoms with E-state index in [1.165, 1.54) is 19.3 Å². The summed E-state index contributed by atoms with van der Waals surface area (Å²) in [5, 5.41) is 12.0. The fourth-order valence-electron chi connectivity index (χ4n) is 1.85. The van der Waals surface area contributed by atoms with Crippen LogP contribution in [-0.4, -0.2) is 36.5 Å². The molecule has 1 saturated carbocycles. The molecular formula is C9H17NO2. The lowest BCUT2D eigenvalue weighted by molar-refractivity contribution is 0.0886. The van der Waals surface area contributed by atoms with Crippen molar-refractivity contribution in [1.29, 1.82) is 0 Å². The van der Waals surface area contributed by atoms with Gasteiger partial charge in [-0.25, -0.2) is 0 Å². The quantitative estimate of drug-likeness (QED) is 0.597. The molecule has 70 valence electrons. The van der Waals surface area contributed by atoms with Crippen LogP contribution in [0.25, 0.3) is 0 Å². The molecule has 1 unspecified atom stereocenters. The number of ether oxygens (including phenoxy) is 1. The molecule has 2 fully saturated rings. The highest BCUT2D eigenvalue weighted by atomic mass is 16.5. The van der Waals surface area contributed by atoms with E-state index < -0.39 is 0 Å². The van der Waals surface area contributed by atoms with E-state index in [9.17, 15) is 0 Å². The highest BCUT2D eigenvalue weighted by molar-refractivity contribution is 5.02. The Labute approximate surface area is 73.1 Å². The van der Waals surface area contributed by atoms with Crippen molar-refractivity contribution in [3.05, 3.63) is 0 Å². The fourth-order valence-corrected chi connectivity index (χ4v) is 1.85. The van der Waals surface area contributed by atoms with Gasteiger partial charge in [-0.2, -0.15) is 0 Å². The Bertz CT molecular complexity index is 157. The maximum atomic E-state index is 8.58. The van der Waals surface area contributed by atoms with E-state index in [0.29, 0.717) is 6.04 Å². The third kappa shape index (κ3) is 1.79. The van der Waals surface area contributed by atoms with Crippen molar-refractivity contribution in [2.24, 2.45) is 0 Å². The van der Waals surface area contributed by atoms with Crippen LogP contribution in [0.15, 0.2) is 0 Å². The molecule has 0 aromatic carbocycles. The van der Waals surface area contributed by atoms with Gasteiger partial charge in [0.1, 0.15) is 0 Å². The van der Waals surface area contributed by atoms with Crippen molar-refractivity contribution in [1.82, 2.24) is 5.32 Å². The van der Waals surface area contributed by atoms with Gasteiger partial charge in [-0.15, -0.1) is 0 Å². The molecule has 2 N–H and O–H groups in total. The van der Waals surface area contributed by atoms with Gasteiger partial charge in [0.15, 0.2) is 0 Å². The average molecular weight is 171 g/mol. The van der Waals surface area contributed by atoms with E-state index in [2.05, 4.69) is 5.32 Å². The number of aliphatic hydroxyl groups excluding tert-OH is 1. The Balaban J connectivity index is 1.63. The normalized spacial score (nSPS) is 31.2. The van der Waals surface area contributed by atoms with Gasteiger partial charge in [-0.1, -0.05) is 0 Å². The van der Waals surface area contributed by atoms with Crippen molar-refractivity contribution < 1.29 is 9.84 Å². The second kappa shape index (κ2) is 3.32. The Morgan fingerprint density at radius 1 is 1.50 bits per heavy atom. The first kappa shape index (κ1) is 8.48. The van der Waals surface area contributed by atoms with E-state index in [4.69, 9.17) is 9.84 Å². The molecule has 1 saturated heterocycles. The molecule has 1 aliphatic carbocycles. The number of nitrogens with one attached hydrogen (secondary N) is 1. The molecule has 1 aliphatic heterocycles. The lowest BCUT2D eigenvalue weighted by Gasteiger charge is -2.09. The van der Waals surface area contributed by atoms with Gasteiger partial charge < -0.3 is 15.2 Å². The minimum Gasteiger partial charge on any atom is -0.396 e. The second-order valence-electron chi connectivity index (χ2n) is 3.93. The predicted octanol–water partition coefficient (Wildman–Crippen LogP) is 0.280. The van der Waals surface area contributed by atoms with Crippen LogP contribution < -0.4 is 5.32 Å². The number of hydrogen-bond acceptors (Lipinski definition) is 3. The summed E-state index contributed by atoms with van der Waals surface area (Å²) in [4.78, 5) is 0. The maximum Gasteiger partial charge on any atom is 0.0701 e. The van der Waals surface area contributed by atoms with Gasteiger partial charge in [0.2, 0.25) is 0 Å². The molecular weight excluding hydrogens is 154 g/mol. The van der Waals surface area contributed by atoms with Gasteiger partial charge >= 0.3 is 0 Å². The standard InChI is InChI=1S/C9H17NO2/c11-5-1-4-10-8-6-9(2-3-9)12-7-8/h8,10-11H,1-7H2. The molecule has 0 aromatic rings. The summed E-state index contributed by atoms with van der Waals surface area (Å²) in [6, 6.07) is 0.541. The van der Waals surface area contributed by atoms with Crippen LogP contribution in [-0.2, 0) is 4.74 Å². The summed E-state index contributed by atoms with van der Waals surface area (Å²) in [5.74, 6) is 0. The minimum atomic E-state index is 0.283. The van der Waals surface area contributed by atoms with Crippen LogP contribution in [0.5, 0.6) is 0 Å². The third-order valence-electron chi connectivity index (χ3n) is 2.78. The van der Waals surface area contributed by atoms with Crippen molar-refractivity contribution in [2.45, 2.75) is 37.3 Å². The Morgan fingerprint density at radius 3 is 2.92 bits per heavy atom. The third-order valence-corrected chi connectivity index (χ3v) is 2.78. The van der Waals surface area contributed by atoms with E-state index in [-0.39, 0.29) is 12.2 Å². The summed E-state index contributed by atoms with van der Waals surface area (Å²) in [5.41, 5.74) is 0.289. The molecule has 0 amide bonds. The monoisotopic (exact) mass is 171 g/mol. The second-order valence-corrected chi connectivity index (χ2v) is 3.93. The van der Waals surface area contributed by atoms with Crippen LogP contribution in [0.4, 0.5) is 0 Å². The van der Waals surface area contributed by atoms with Crippen LogP contribution >= 0.6 is 0 Å². The Morgan fingerprint density at radius 2 is 2.33 bits per heavy atom. The predicted molar refractivity (Wildman–Crippen MR) is 46.0 cm³/mol. The summed E-state index contributed by atoms with van der Waals surface area (Å²) in [7, 11) is 0. The number of aliphatic hydroxyl groups is 1. The zero-order valence-electron chi connectivity index (χ0n) is 7.38. The van der Waals surface area contributed by atoms with Crippen LogP contribution in [0.2, 0.25) is 0 Å². The molecule has 1 spiro atoms. The number of hydrogen-bond donors (Lipinski definition) is 2. The van der Waals surface area contributed by atoms with Crippen molar-refractivity contribution in [2.75, 3.05) is 19.8 Å². The lowest BCUT2D eigenvalue weighted by Crippen LogP contribution is -2.30. The van der Waals surface area contributed by atoms with Gasteiger partial charge in [-0.3, -0.25) is 0 Å². The Kier molecular flexibility index (Phi) is 2.35. The van der Waals surface area contributed by atoms with Crippen LogP contribution in [0.1, 0.15) is 25.7 Å². The molecule has 1 atom stereocenters. The minimum absolute atomic E-state index is 0.283. The van der Waals surface area contributed by atoms with E-state index in [1.807, 2.05) is 0 Å². The highest BCUT2D eigenvalue weighted by Crippen LogP contribution is 2.47. The van der Waals surface area contributed by atoms with Gasteiger partial charge in [-0.05, 0) is 32.2 Å². The molecule has 0 bridgehead atoms. The summed E-state index contributed by atoms with van der Waals surface area (Å²) in [6.07, 6.45) is 4.54. The topological polar surface area (TPSA) is 41.5 Å². The van der Waals surface area contributed by atoms with Crippen LogP contribution in [0.3, 0.4) is 0 Å². The molecule has 1 heterocycles. The largest absolute Gasteiger partial charge is 0.396 e. The summed E-state index contributed by atoms with van der Waals surface area (Å²) >= 11 is 0. The Hall–Kier alpha value is -0.120. The molecule has 2 aliphatic rings. The molecule has 12 heavy (non-hydrogen) atoms. The van der Waals surface area contributed by atoms with E-state index in [0.717, 1.165) is 19.6 Å². The summed E-state index contributed by atoms with van der Waals surface area (Å²) in [6.45, 7) is 2.07. The van der Waals surface area contributed by atoms with Gasteiger partial charge in [0.05, 0.1) is 12.2 Å². The van der Waals surface area contributed by atoms with E-state index in [1.54, 1.807) is 0 Å². The fraction of sp³-hybridized carbons (Fsp3) is 1.00. The SMILES string of the molecule is OCCCNC1COC2(CC2)C1. The lowest BCUT2D eigenvalue weighted by atomic mass is 10.1. The van der Waals surface area contributed by atoms with Crippen molar-refractivity contribution >= 4 is 0 Å². The van der Waals surface area contributed by atoms with Gasteiger partial charge in [0, 0.05) is 12.6 Å². The van der Waals surface area contributed by atoms with E-state index >= 15 is 0 Å². The van der Waals surface area contributed by atoms with Gasteiger partial charge in [0.25, 0.3) is 0 Å². The first-order chi connectivity index (χ1) is 5.85. The molecule has 2 rings (SSSR count). The zero-order chi connectivity index (χ0) is 8.44.